The number of anilines is 1. The molecule has 1 heterocycles. The normalized spacial score (nSPS) is 11.5. The van der Waals surface area contributed by atoms with Crippen molar-refractivity contribution in [3.05, 3.63) is 46.3 Å². The van der Waals surface area contributed by atoms with Crippen molar-refractivity contribution in [3.8, 4) is 5.69 Å². The Hall–Kier alpha value is -2.37. The van der Waals surface area contributed by atoms with E-state index in [4.69, 9.17) is 5.73 Å². The van der Waals surface area contributed by atoms with Crippen LogP contribution in [0.5, 0.6) is 0 Å². The van der Waals surface area contributed by atoms with Gasteiger partial charge in [0.15, 0.2) is 0 Å². The molecule has 1 aromatic carbocycles. The predicted octanol–water partition coefficient (Wildman–Crippen LogP) is 2.66. The summed E-state index contributed by atoms with van der Waals surface area (Å²) < 4.78 is 1.47. The van der Waals surface area contributed by atoms with Crippen molar-refractivity contribution in [2.75, 3.05) is 5.73 Å². The van der Waals surface area contributed by atoms with Crippen molar-refractivity contribution in [1.29, 1.82) is 0 Å². The van der Waals surface area contributed by atoms with E-state index in [0.29, 0.717) is 11.4 Å². The number of para-hydroxylation sites is 2. The highest BCUT2D eigenvalue weighted by molar-refractivity contribution is 5.54. The summed E-state index contributed by atoms with van der Waals surface area (Å²) in [6, 6.07) is 6.46. The Labute approximate surface area is 111 Å². The van der Waals surface area contributed by atoms with Gasteiger partial charge in [-0.3, -0.25) is 10.1 Å². The molecule has 1 aromatic heterocycles. The minimum Gasteiger partial charge on any atom is -0.396 e. The molecule has 0 amide bonds. The SMILES string of the molecule is CC(C)(C)c1nn(-c2ccccc2[N+](=O)[O-])cc1N. The molecular weight excluding hydrogens is 244 g/mol. The zero-order valence-electron chi connectivity index (χ0n) is 11.1. The second kappa shape index (κ2) is 4.38. The van der Waals surface area contributed by atoms with Crippen LogP contribution in [0.4, 0.5) is 11.4 Å². The van der Waals surface area contributed by atoms with Crippen LogP contribution in [-0.4, -0.2) is 14.7 Å². The fraction of sp³-hybridized carbons (Fsp3) is 0.308. The van der Waals surface area contributed by atoms with Crippen molar-refractivity contribution in [2.45, 2.75) is 26.2 Å². The first kappa shape index (κ1) is 13.1. The zero-order chi connectivity index (χ0) is 14.2. The van der Waals surface area contributed by atoms with Gasteiger partial charge in [-0.05, 0) is 6.07 Å². The second-order valence-corrected chi connectivity index (χ2v) is 5.37. The lowest BCUT2D eigenvalue weighted by atomic mass is 9.92. The molecule has 0 aliphatic heterocycles. The summed E-state index contributed by atoms with van der Waals surface area (Å²) in [6.45, 7) is 5.99. The van der Waals surface area contributed by atoms with Gasteiger partial charge in [0.25, 0.3) is 5.69 Å². The minimum atomic E-state index is -0.427. The molecule has 0 unspecified atom stereocenters. The van der Waals surface area contributed by atoms with Gasteiger partial charge < -0.3 is 5.73 Å². The Morgan fingerprint density at radius 2 is 1.95 bits per heavy atom. The van der Waals surface area contributed by atoms with Crippen molar-refractivity contribution in [2.24, 2.45) is 0 Å². The van der Waals surface area contributed by atoms with E-state index in [2.05, 4.69) is 5.10 Å². The predicted molar refractivity (Wildman–Crippen MR) is 73.3 cm³/mol. The lowest BCUT2D eigenvalue weighted by Gasteiger charge is -2.15. The number of hydrogen-bond donors (Lipinski definition) is 1. The maximum atomic E-state index is 11.0. The molecular formula is C13H16N4O2. The van der Waals surface area contributed by atoms with E-state index in [-0.39, 0.29) is 11.1 Å². The fourth-order valence-corrected chi connectivity index (χ4v) is 1.91. The van der Waals surface area contributed by atoms with Crippen LogP contribution in [0.2, 0.25) is 0 Å². The topological polar surface area (TPSA) is 87.0 Å². The van der Waals surface area contributed by atoms with E-state index in [1.54, 1.807) is 24.4 Å². The molecule has 0 radical (unpaired) electrons. The van der Waals surface area contributed by atoms with Gasteiger partial charge in [-0.2, -0.15) is 5.10 Å². The van der Waals surface area contributed by atoms with Gasteiger partial charge in [0.05, 0.1) is 22.5 Å². The smallest absolute Gasteiger partial charge is 0.294 e. The maximum Gasteiger partial charge on any atom is 0.294 e. The van der Waals surface area contributed by atoms with Gasteiger partial charge in [-0.15, -0.1) is 0 Å². The summed E-state index contributed by atoms with van der Waals surface area (Å²) in [5.74, 6) is 0. The van der Waals surface area contributed by atoms with E-state index in [1.165, 1.54) is 10.7 Å². The first-order valence-electron chi connectivity index (χ1n) is 5.90. The highest BCUT2D eigenvalue weighted by Gasteiger charge is 2.23. The molecule has 0 spiro atoms. The number of nitrogen functional groups attached to an aromatic ring is 1. The third-order valence-corrected chi connectivity index (χ3v) is 2.78. The number of nitro benzene ring substituents is 1. The highest BCUT2D eigenvalue weighted by Crippen LogP contribution is 2.29. The Morgan fingerprint density at radius 1 is 1.32 bits per heavy atom. The van der Waals surface area contributed by atoms with Crippen LogP contribution in [0, 0.1) is 10.1 Å². The largest absolute Gasteiger partial charge is 0.396 e. The second-order valence-electron chi connectivity index (χ2n) is 5.37. The third kappa shape index (κ3) is 2.42. The van der Waals surface area contributed by atoms with E-state index in [1.807, 2.05) is 20.8 Å². The number of benzene rings is 1. The lowest BCUT2D eigenvalue weighted by molar-refractivity contribution is -0.384. The van der Waals surface area contributed by atoms with Gasteiger partial charge in [-0.25, -0.2) is 4.68 Å². The molecule has 0 aliphatic rings. The van der Waals surface area contributed by atoms with Crippen LogP contribution in [0.3, 0.4) is 0 Å². The quantitative estimate of drug-likeness (QED) is 0.664. The van der Waals surface area contributed by atoms with Crippen molar-refractivity contribution < 1.29 is 4.92 Å². The molecule has 2 N–H and O–H groups in total. The lowest BCUT2D eigenvalue weighted by Crippen LogP contribution is -2.14. The Bertz CT molecular complexity index is 626. The molecule has 0 saturated heterocycles. The number of nitro groups is 1. The summed E-state index contributed by atoms with van der Waals surface area (Å²) in [5, 5.41) is 15.4. The van der Waals surface area contributed by atoms with Gasteiger partial charge in [-0.1, -0.05) is 32.9 Å². The number of hydrogen-bond acceptors (Lipinski definition) is 4. The van der Waals surface area contributed by atoms with Crippen LogP contribution in [0.15, 0.2) is 30.5 Å². The zero-order valence-corrected chi connectivity index (χ0v) is 11.1. The molecule has 0 aliphatic carbocycles. The van der Waals surface area contributed by atoms with Crippen molar-refractivity contribution in [1.82, 2.24) is 9.78 Å². The number of aromatic nitrogens is 2. The van der Waals surface area contributed by atoms with Crippen LogP contribution in [-0.2, 0) is 5.41 Å². The molecule has 6 nitrogen and oxygen atoms in total. The van der Waals surface area contributed by atoms with Crippen LogP contribution < -0.4 is 5.73 Å². The number of rotatable bonds is 2. The number of nitrogens with zero attached hydrogens (tertiary/aromatic N) is 3. The Balaban J connectivity index is 2.58. The van der Waals surface area contributed by atoms with E-state index < -0.39 is 4.92 Å². The van der Waals surface area contributed by atoms with E-state index in [0.717, 1.165) is 5.69 Å². The van der Waals surface area contributed by atoms with Crippen molar-refractivity contribution >= 4 is 11.4 Å². The molecule has 0 saturated carbocycles. The molecule has 19 heavy (non-hydrogen) atoms. The molecule has 2 aromatic rings. The van der Waals surface area contributed by atoms with Crippen LogP contribution >= 0.6 is 0 Å². The number of nitrogens with two attached hydrogens (primary N) is 1. The monoisotopic (exact) mass is 260 g/mol. The van der Waals surface area contributed by atoms with Crippen molar-refractivity contribution in [3.63, 3.8) is 0 Å². The Morgan fingerprint density at radius 3 is 2.47 bits per heavy atom. The summed E-state index contributed by atoms with van der Waals surface area (Å²) in [6.07, 6.45) is 1.61. The molecule has 100 valence electrons. The standard InChI is InChI=1S/C13H16N4O2/c1-13(2,3)12-9(14)8-16(15-12)10-6-4-5-7-11(10)17(18)19/h4-8H,14H2,1-3H3. The maximum absolute atomic E-state index is 11.0. The summed E-state index contributed by atoms with van der Waals surface area (Å²) >= 11 is 0. The summed E-state index contributed by atoms with van der Waals surface area (Å²) in [5.41, 5.74) is 7.41. The third-order valence-electron chi connectivity index (χ3n) is 2.78. The van der Waals surface area contributed by atoms with Gasteiger partial charge >= 0.3 is 0 Å². The van der Waals surface area contributed by atoms with E-state index in [9.17, 15) is 10.1 Å². The first-order chi connectivity index (χ1) is 8.80. The molecule has 0 bridgehead atoms. The summed E-state index contributed by atoms with van der Waals surface area (Å²) in [7, 11) is 0. The first-order valence-corrected chi connectivity index (χ1v) is 5.90. The molecule has 2 rings (SSSR count). The highest BCUT2D eigenvalue weighted by atomic mass is 16.6. The van der Waals surface area contributed by atoms with Gasteiger partial charge in [0.2, 0.25) is 0 Å². The Kier molecular flexibility index (Phi) is 3.01. The molecule has 0 fully saturated rings. The molecule has 0 atom stereocenters. The van der Waals surface area contributed by atoms with Gasteiger partial charge in [0, 0.05) is 11.5 Å². The fourth-order valence-electron chi connectivity index (χ4n) is 1.91. The minimum absolute atomic E-state index is 0.00505. The summed E-state index contributed by atoms with van der Waals surface area (Å²) in [4.78, 5) is 10.6. The van der Waals surface area contributed by atoms with E-state index >= 15 is 0 Å². The van der Waals surface area contributed by atoms with Crippen LogP contribution in [0.1, 0.15) is 26.5 Å². The van der Waals surface area contributed by atoms with Crippen LogP contribution in [0.25, 0.3) is 5.69 Å². The van der Waals surface area contributed by atoms with Gasteiger partial charge in [0.1, 0.15) is 5.69 Å². The average molecular weight is 260 g/mol. The average Bonchev–Trinajstić information content (AvgIpc) is 2.71. The molecule has 6 heteroatoms.